The van der Waals surface area contributed by atoms with Crippen molar-refractivity contribution in [3.05, 3.63) is 0 Å². The smallest absolute Gasteiger partial charge is 0.111 e. The van der Waals surface area contributed by atoms with E-state index in [9.17, 15) is 15.3 Å². The van der Waals surface area contributed by atoms with Crippen molar-refractivity contribution in [3.63, 3.8) is 0 Å². The van der Waals surface area contributed by atoms with Crippen LogP contribution in [-0.2, 0) is 4.74 Å². The molecular weight excluding hydrogens is 164 g/mol. The molecule has 1 heterocycles. The molecule has 0 unspecified atom stereocenters. The lowest BCUT2D eigenvalue weighted by Crippen LogP contribution is -2.57. The van der Waals surface area contributed by atoms with Gasteiger partial charge in [-0.3, -0.25) is 0 Å². The van der Waals surface area contributed by atoms with Crippen molar-refractivity contribution in [3.8, 4) is 0 Å². The highest BCUT2D eigenvalue weighted by atomic mass is 16.5. The van der Waals surface area contributed by atoms with Crippen LogP contribution in [-0.4, -0.2) is 57.6 Å². The Balaban J connectivity index is 2.63. The van der Waals surface area contributed by atoms with E-state index in [1.165, 1.54) is 0 Å². The van der Waals surface area contributed by atoms with Gasteiger partial charge in [-0.1, -0.05) is 0 Å². The van der Waals surface area contributed by atoms with Crippen molar-refractivity contribution in [2.75, 3.05) is 6.61 Å². The lowest BCUT2D eigenvalue weighted by Gasteiger charge is -2.38. The quantitative estimate of drug-likeness (QED) is 0.367. The van der Waals surface area contributed by atoms with Gasteiger partial charge in [0.2, 0.25) is 0 Å². The maximum Gasteiger partial charge on any atom is 0.111 e. The number of aliphatic hydroxyl groups excluding tert-OH is 4. The lowest BCUT2D eigenvalue weighted by atomic mass is 9.96. The molecule has 1 saturated heterocycles. The zero-order chi connectivity index (χ0) is 9.30. The molecule has 0 saturated carbocycles. The predicted molar refractivity (Wildman–Crippen MR) is 39.4 cm³/mol. The fraction of sp³-hybridized carbons (Fsp3) is 1.00. The third-order valence-electron chi connectivity index (χ3n) is 2.13. The van der Waals surface area contributed by atoms with E-state index in [0.29, 0.717) is 0 Å². The molecule has 4 N–H and O–H groups in total. The summed E-state index contributed by atoms with van der Waals surface area (Å²) in [5, 5.41) is 36.4. The molecule has 0 aromatic rings. The van der Waals surface area contributed by atoms with Crippen LogP contribution in [0.1, 0.15) is 6.92 Å². The molecule has 0 aromatic heterocycles. The molecule has 0 spiro atoms. The lowest BCUT2D eigenvalue weighted by molar-refractivity contribution is -0.224. The summed E-state index contributed by atoms with van der Waals surface area (Å²) in [7, 11) is 0. The zero-order valence-electron chi connectivity index (χ0n) is 6.79. The summed E-state index contributed by atoms with van der Waals surface area (Å²) in [5.41, 5.74) is 0. The number of hydrogen-bond acceptors (Lipinski definition) is 5. The minimum Gasteiger partial charge on any atom is -0.394 e. The van der Waals surface area contributed by atoms with Crippen molar-refractivity contribution >= 4 is 0 Å². The van der Waals surface area contributed by atoms with Gasteiger partial charge in [0, 0.05) is 0 Å². The van der Waals surface area contributed by atoms with Crippen LogP contribution < -0.4 is 0 Å². The molecule has 1 aliphatic rings. The van der Waals surface area contributed by atoms with Crippen LogP contribution in [0, 0.1) is 0 Å². The fourth-order valence-corrected chi connectivity index (χ4v) is 1.29. The van der Waals surface area contributed by atoms with Gasteiger partial charge in [0.25, 0.3) is 0 Å². The first-order valence-corrected chi connectivity index (χ1v) is 3.88. The van der Waals surface area contributed by atoms with Crippen LogP contribution in [0.3, 0.4) is 0 Å². The molecule has 72 valence electrons. The molecular formula is C7H14O5. The SMILES string of the molecule is C[C@@H]1O[C@@H](CO)[C@H](O)[C@@H](O)[C@@H]1O. The van der Waals surface area contributed by atoms with E-state index in [4.69, 9.17) is 9.84 Å². The second kappa shape index (κ2) is 3.68. The highest BCUT2D eigenvalue weighted by molar-refractivity contribution is 4.89. The Hall–Kier alpha value is -0.200. The van der Waals surface area contributed by atoms with Gasteiger partial charge in [0.1, 0.15) is 24.4 Å². The Morgan fingerprint density at radius 3 is 2.17 bits per heavy atom. The molecule has 5 atom stereocenters. The molecule has 5 nitrogen and oxygen atoms in total. The normalized spacial score (nSPS) is 49.2. The summed E-state index contributed by atoms with van der Waals surface area (Å²) >= 11 is 0. The minimum absolute atomic E-state index is 0.366. The standard InChI is InChI=1S/C7H14O5/c1-3-5(9)7(11)6(10)4(2-8)12-3/h3-11H,2H2,1H3/t3-,4-,5+,6-,7-/m0/s1. The average Bonchev–Trinajstić information content (AvgIpc) is 2.08. The van der Waals surface area contributed by atoms with E-state index in [0.717, 1.165) is 0 Å². The molecule has 0 aliphatic carbocycles. The second-order valence-electron chi connectivity index (χ2n) is 3.03. The van der Waals surface area contributed by atoms with Crippen LogP contribution in [0.5, 0.6) is 0 Å². The second-order valence-corrected chi connectivity index (χ2v) is 3.03. The van der Waals surface area contributed by atoms with Crippen molar-refractivity contribution in [1.82, 2.24) is 0 Å². The number of ether oxygens (including phenoxy) is 1. The number of hydrogen-bond donors (Lipinski definition) is 4. The molecule has 0 aromatic carbocycles. The number of aliphatic hydroxyl groups is 4. The van der Waals surface area contributed by atoms with E-state index in [1.54, 1.807) is 6.92 Å². The molecule has 5 heteroatoms. The molecule has 12 heavy (non-hydrogen) atoms. The van der Waals surface area contributed by atoms with Gasteiger partial charge in [-0.05, 0) is 6.92 Å². The summed E-state index contributed by atoms with van der Waals surface area (Å²) in [6.07, 6.45) is -4.94. The third-order valence-corrected chi connectivity index (χ3v) is 2.13. The molecule has 1 fully saturated rings. The minimum atomic E-state index is -1.24. The summed E-state index contributed by atoms with van der Waals surface area (Å²) < 4.78 is 5.02. The molecule has 0 radical (unpaired) electrons. The maximum absolute atomic E-state index is 9.23. The van der Waals surface area contributed by atoms with Crippen molar-refractivity contribution in [2.45, 2.75) is 37.4 Å². The predicted octanol–water partition coefficient (Wildman–Crippen LogP) is -2.15. The first-order valence-electron chi connectivity index (χ1n) is 3.88. The van der Waals surface area contributed by atoms with Crippen LogP contribution in [0.15, 0.2) is 0 Å². The monoisotopic (exact) mass is 178 g/mol. The topological polar surface area (TPSA) is 90.2 Å². The van der Waals surface area contributed by atoms with Gasteiger partial charge < -0.3 is 25.2 Å². The van der Waals surface area contributed by atoms with Crippen molar-refractivity contribution in [1.29, 1.82) is 0 Å². The molecule has 0 bridgehead atoms. The Morgan fingerprint density at radius 1 is 1.08 bits per heavy atom. The Labute approximate surface area is 70.2 Å². The Morgan fingerprint density at radius 2 is 1.67 bits per heavy atom. The summed E-state index contributed by atoms with van der Waals surface area (Å²) in [6, 6.07) is 0. The van der Waals surface area contributed by atoms with Crippen LogP contribution in [0.25, 0.3) is 0 Å². The van der Waals surface area contributed by atoms with Crippen molar-refractivity contribution < 1.29 is 25.2 Å². The van der Waals surface area contributed by atoms with Gasteiger partial charge in [0.15, 0.2) is 0 Å². The Kier molecular flexibility index (Phi) is 3.03. The van der Waals surface area contributed by atoms with Crippen LogP contribution in [0.2, 0.25) is 0 Å². The maximum atomic E-state index is 9.23. The van der Waals surface area contributed by atoms with Gasteiger partial charge in [-0.2, -0.15) is 0 Å². The molecule has 0 amide bonds. The van der Waals surface area contributed by atoms with E-state index < -0.39 is 30.5 Å². The van der Waals surface area contributed by atoms with Gasteiger partial charge in [0.05, 0.1) is 12.7 Å². The summed E-state index contributed by atoms with van der Waals surface area (Å²) in [5.74, 6) is 0. The van der Waals surface area contributed by atoms with Crippen LogP contribution in [0.4, 0.5) is 0 Å². The van der Waals surface area contributed by atoms with Crippen molar-refractivity contribution in [2.24, 2.45) is 0 Å². The van der Waals surface area contributed by atoms with E-state index in [1.807, 2.05) is 0 Å². The molecule has 1 rings (SSSR count). The number of rotatable bonds is 1. The molecule has 1 aliphatic heterocycles. The summed E-state index contributed by atoms with van der Waals surface area (Å²) in [6.45, 7) is 1.21. The first kappa shape index (κ1) is 9.88. The zero-order valence-corrected chi connectivity index (χ0v) is 6.79. The van der Waals surface area contributed by atoms with E-state index in [2.05, 4.69) is 0 Å². The fourth-order valence-electron chi connectivity index (χ4n) is 1.29. The summed E-state index contributed by atoms with van der Waals surface area (Å²) in [4.78, 5) is 0. The highest BCUT2D eigenvalue weighted by Gasteiger charge is 2.41. The van der Waals surface area contributed by atoms with Gasteiger partial charge in [-0.25, -0.2) is 0 Å². The van der Waals surface area contributed by atoms with Crippen LogP contribution >= 0.6 is 0 Å². The Bertz CT molecular complexity index is 146. The van der Waals surface area contributed by atoms with E-state index >= 15 is 0 Å². The van der Waals surface area contributed by atoms with E-state index in [-0.39, 0.29) is 6.61 Å². The van der Waals surface area contributed by atoms with Gasteiger partial charge in [-0.15, -0.1) is 0 Å². The highest BCUT2D eigenvalue weighted by Crippen LogP contribution is 2.20. The third kappa shape index (κ3) is 1.60. The average molecular weight is 178 g/mol. The largest absolute Gasteiger partial charge is 0.394 e. The van der Waals surface area contributed by atoms with Gasteiger partial charge >= 0.3 is 0 Å². The first-order chi connectivity index (χ1) is 5.57.